The van der Waals surface area contributed by atoms with Crippen LogP contribution in [0.4, 0.5) is 8.78 Å². The van der Waals surface area contributed by atoms with Gasteiger partial charge >= 0.3 is 5.97 Å². The first-order chi connectivity index (χ1) is 12.5. The summed E-state index contributed by atoms with van der Waals surface area (Å²) in [6, 6.07) is 2.14. The van der Waals surface area contributed by atoms with Crippen molar-refractivity contribution in [3.63, 3.8) is 0 Å². The highest BCUT2D eigenvalue weighted by molar-refractivity contribution is 14.1. The zero-order chi connectivity index (χ0) is 18.4. The van der Waals surface area contributed by atoms with E-state index in [0.29, 0.717) is 25.9 Å². The molecule has 1 aromatic carbocycles. The minimum atomic E-state index is -1.01. The number of hydrogen-bond acceptors (Lipinski definition) is 4. The molecule has 0 saturated carbocycles. The van der Waals surface area contributed by atoms with Gasteiger partial charge < -0.3 is 9.30 Å². The molecule has 1 aliphatic heterocycles. The van der Waals surface area contributed by atoms with Crippen molar-refractivity contribution >= 4 is 39.5 Å². The lowest BCUT2D eigenvalue weighted by Crippen LogP contribution is -2.25. The molecule has 0 radical (unpaired) electrons. The van der Waals surface area contributed by atoms with Gasteiger partial charge in [-0.15, -0.1) is 0 Å². The lowest BCUT2D eigenvalue weighted by atomic mass is 10.1. The second-order valence-corrected chi connectivity index (χ2v) is 7.36. The van der Waals surface area contributed by atoms with Crippen molar-refractivity contribution in [1.29, 1.82) is 0 Å². The average Bonchev–Trinajstić information content (AvgIpc) is 3.23. The molecule has 0 aliphatic carbocycles. The maximum absolute atomic E-state index is 14.2. The number of alkyl halides is 1. The van der Waals surface area contributed by atoms with Gasteiger partial charge in [-0.1, -0.05) is 0 Å². The van der Waals surface area contributed by atoms with Crippen molar-refractivity contribution in [3.8, 4) is 0 Å². The van der Waals surface area contributed by atoms with E-state index in [9.17, 15) is 13.6 Å². The van der Waals surface area contributed by atoms with Crippen LogP contribution in [0.2, 0.25) is 0 Å². The molecule has 3 heterocycles. The third-order valence-electron chi connectivity index (χ3n) is 4.38. The maximum Gasteiger partial charge on any atom is 0.337 e. The van der Waals surface area contributed by atoms with E-state index in [1.54, 1.807) is 17.6 Å². The summed E-state index contributed by atoms with van der Waals surface area (Å²) in [7, 11) is 0. The summed E-state index contributed by atoms with van der Waals surface area (Å²) >= 11 is 2.01. The molecule has 0 N–H and O–H groups in total. The Morgan fingerprint density at radius 1 is 1.50 bits per heavy atom. The van der Waals surface area contributed by atoms with Crippen molar-refractivity contribution in [2.24, 2.45) is 0 Å². The molecule has 136 valence electrons. The molecule has 6 nitrogen and oxygen atoms in total. The highest BCUT2D eigenvalue weighted by Gasteiger charge is 2.34. The van der Waals surface area contributed by atoms with Gasteiger partial charge in [0.25, 0.3) is 0 Å². The minimum Gasteiger partial charge on any atom is -0.464 e. The molecule has 0 spiro atoms. The normalized spacial score (nSPS) is 17.5. The molecule has 0 amide bonds. The minimum absolute atomic E-state index is 0.179. The van der Waals surface area contributed by atoms with E-state index in [0.717, 1.165) is 0 Å². The van der Waals surface area contributed by atoms with Crippen LogP contribution in [0, 0.1) is 9.39 Å². The maximum atomic E-state index is 14.2. The molecule has 9 heteroatoms. The second kappa shape index (κ2) is 6.60. The fourth-order valence-corrected chi connectivity index (χ4v) is 3.85. The highest BCUT2D eigenvalue weighted by Crippen LogP contribution is 2.30. The van der Waals surface area contributed by atoms with Gasteiger partial charge in [0.15, 0.2) is 6.04 Å². The molecule has 2 aromatic heterocycles. The summed E-state index contributed by atoms with van der Waals surface area (Å²) in [6.07, 6.45) is 2.16. The van der Waals surface area contributed by atoms with E-state index in [2.05, 4.69) is 10.1 Å². The average molecular weight is 472 g/mol. The number of hydrogen-bond donors (Lipinski definition) is 0. The summed E-state index contributed by atoms with van der Waals surface area (Å²) in [5, 5.41) is 4.67. The number of nitrogens with zero attached hydrogens (tertiary/aromatic N) is 4. The van der Waals surface area contributed by atoms with Crippen molar-refractivity contribution in [1.82, 2.24) is 19.3 Å². The van der Waals surface area contributed by atoms with Crippen LogP contribution in [-0.2, 0) is 22.5 Å². The fraction of sp³-hybridized carbons (Fsp3) is 0.353. The Labute approximate surface area is 161 Å². The van der Waals surface area contributed by atoms with Gasteiger partial charge in [-0.05, 0) is 41.6 Å². The molecule has 3 aromatic rings. The summed E-state index contributed by atoms with van der Waals surface area (Å²) in [5.74, 6) is -0.973. The summed E-state index contributed by atoms with van der Waals surface area (Å²) in [6.45, 7) is 2.10. The number of rotatable bonds is 4. The standard InChI is InChI=1S/C17H15F2IN4O2/c1-2-26-17(25)16(15-14-3-9(18)6-23(14)8-21-15)24-7-11-12(19)4-10(20)5-13(11)22-24/h4-5,7-9,16H,2-3,6H2,1H3/t9-,16?/m1/s1. The smallest absolute Gasteiger partial charge is 0.337 e. The predicted octanol–water partition coefficient (Wildman–Crippen LogP) is 3.02. The van der Waals surface area contributed by atoms with Crippen LogP contribution in [-0.4, -0.2) is 38.1 Å². The van der Waals surface area contributed by atoms with Gasteiger partial charge in [0.05, 0.1) is 36.1 Å². The Kier molecular flexibility index (Phi) is 4.41. The first-order valence-corrected chi connectivity index (χ1v) is 9.24. The predicted molar refractivity (Wildman–Crippen MR) is 98.0 cm³/mol. The second-order valence-electron chi connectivity index (χ2n) is 6.11. The van der Waals surface area contributed by atoms with Crippen molar-refractivity contribution in [2.75, 3.05) is 6.61 Å². The number of ether oxygens (including phenoxy) is 1. The molecule has 0 bridgehead atoms. The number of esters is 1. The lowest BCUT2D eigenvalue weighted by Gasteiger charge is -2.15. The van der Waals surface area contributed by atoms with Gasteiger partial charge in [0.2, 0.25) is 0 Å². The molecule has 1 unspecified atom stereocenters. The van der Waals surface area contributed by atoms with Crippen LogP contribution in [0.15, 0.2) is 24.7 Å². The van der Waals surface area contributed by atoms with Crippen molar-refractivity contribution in [3.05, 3.63) is 45.4 Å². The van der Waals surface area contributed by atoms with Gasteiger partial charge in [0.1, 0.15) is 12.0 Å². The van der Waals surface area contributed by atoms with Crippen LogP contribution in [0.3, 0.4) is 0 Å². The number of benzene rings is 1. The van der Waals surface area contributed by atoms with E-state index in [-0.39, 0.29) is 19.6 Å². The largest absolute Gasteiger partial charge is 0.464 e. The Bertz CT molecular complexity index is 1000. The first-order valence-electron chi connectivity index (χ1n) is 8.16. The van der Waals surface area contributed by atoms with Crippen LogP contribution in [0.1, 0.15) is 24.4 Å². The van der Waals surface area contributed by atoms with Crippen LogP contribution in [0.5, 0.6) is 0 Å². The molecular formula is C17H15F2IN4O2. The van der Waals surface area contributed by atoms with Gasteiger partial charge in [-0.2, -0.15) is 5.10 Å². The Morgan fingerprint density at radius 2 is 2.31 bits per heavy atom. The number of carbonyl (C=O) groups is 1. The van der Waals surface area contributed by atoms with Crippen LogP contribution >= 0.6 is 22.6 Å². The lowest BCUT2D eigenvalue weighted by molar-refractivity contribution is -0.146. The van der Waals surface area contributed by atoms with E-state index < -0.39 is 24.0 Å². The number of halogens is 3. The van der Waals surface area contributed by atoms with Gasteiger partial charge in [0, 0.05) is 21.9 Å². The summed E-state index contributed by atoms with van der Waals surface area (Å²) in [5.41, 5.74) is 1.47. The summed E-state index contributed by atoms with van der Waals surface area (Å²) < 4.78 is 36.9. The number of carbonyl (C=O) groups excluding carboxylic acids is 1. The van der Waals surface area contributed by atoms with Crippen molar-refractivity contribution < 1.29 is 18.3 Å². The van der Waals surface area contributed by atoms with Crippen molar-refractivity contribution in [2.45, 2.75) is 32.1 Å². The summed E-state index contributed by atoms with van der Waals surface area (Å²) in [4.78, 5) is 16.9. The van der Waals surface area contributed by atoms with Gasteiger partial charge in [-0.25, -0.2) is 18.6 Å². The van der Waals surface area contributed by atoms with Crippen LogP contribution in [0.25, 0.3) is 10.9 Å². The third kappa shape index (κ3) is 2.87. The molecule has 26 heavy (non-hydrogen) atoms. The SMILES string of the molecule is CCOC(=O)C(c1ncn2c1C[C@@H](F)C2)n1cc2c(F)cc(I)cc2n1. The van der Waals surface area contributed by atoms with Gasteiger partial charge in [-0.3, -0.25) is 4.68 Å². The fourth-order valence-electron chi connectivity index (χ4n) is 3.28. The first kappa shape index (κ1) is 17.4. The molecular weight excluding hydrogens is 457 g/mol. The van der Waals surface area contributed by atoms with Crippen LogP contribution < -0.4 is 0 Å². The zero-order valence-corrected chi connectivity index (χ0v) is 16.0. The molecule has 2 atom stereocenters. The number of imidazole rings is 1. The van der Waals surface area contributed by atoms with E-state index in [4.69, 9.17) is 4.74 Å². The topological polar surface area (TPSA) is 61.9 Å². The highest BCUT2D eigenvalue weighted by atomic mass is 127. The monoisotopic (exact) mass is 472 g/mol. The molecule has 0 saturated heterocycles. The Balaban J connectivity index is 1.85. The molecule has 1 aliphatic rings. The zero-order valence-electron chi connectivity index (χ0n) is 13.8. The van der Waals surface area contributed by atoms with E-state index >= 15 is 0 Å². The number of aromatic nitrogens is 4. The van der Waals surface area contributed by atoms with E-state index in [1.807, 2.05) is 22.6 Å². The Morgan fingerprint density at radius 3 is 3.08 bits per heavy atom. The Hall–Kier alpha value is -2.04. The molecule has 0 fully saturated rings. The third-order valence-corrected chi connectivity index (χ3v) is 5.00. The quantitative estimate of drug-likeness (QED) is 0.433. The molecule has 4 rings (SSSR count). The van der Waals surface area contributed by atoms with E-state index in [1.165, 1.54) is 23.3 Å². The number of fused-ring (bicyclic) bond motifs is 2.